The number of hydrogen-bond acceptors (Lipinski definition) is 2. The van der Waals surface area contributed by atoms with Crippen molar-refractivity contribution in [3.63, 3.8) is 0 Å². The van der Waals surface area contributed by atoms with E-state index in [9.17, 15) is 4.79 Å². The molecule has 8 heavy (non-hydrogen) atoms. The molecule has 0 heterocycles. The van der Waals surface area contributed by atoms with E-state index in [1.54, 1.807) is 0 Å². The van der Waals surface area contributed by atoms with E-state index in [1.165, 1.54) is 13.8 Å². The fourth-order valence-corrected chi connectivity index (χ4v) is 0.282. The molecule has 0 saturated carbocycles. The predicted molar refractivity (Wildman–Crippen MR) is 32.0 cm³/mol. The largest absolute Gasteiger partial charge is 0.381 e. The van der Waals surface area contributed by atoms with Gasteiger partial charge in [0.15, 0.2) is 5.78 Å². The molecule has 0 aromatic rings. The molecule has 0 saturated heterocycles. The highest BCUT2D eigenvalue weighted by Crippen LogP contribution is 2.05. The molecule has 0 rings (SSSR count). The summed E-state index contributed by atoms with van der Waals surface area (Å²) in [5.41, 5.74) is -1.33. The van der Waals surface area contributed by atoms with Gasteiger partial charge in [0.25, 0.3) is 0 Å². The smallest absolute Gasteiger partial charge is 0.162 e. The van der Waals surface area contributed by atoms with Gasteiger partial charge in [-0.1, -0.05) is 0 Å². The molecule has 2 nitrogen and oxygen atoms in total. The molecule has 0 radical (unpaired) electrons. The van der Waals surface area contributed by atoms with Gasteiger partial charge in [-0.3, -0.25) is 4.79 Å². The van der Waals surface area contributed by atoms with Crippen LogP contribution in [0.5, 0.6) is 0 Å². The van der Waals surface area contributed by atoms with Gasteiger partial charge >= 0.3 is 0 Å². The lowest BCUT2D eigenvalue weighted by Gasteiger charge is -2.14. The lowest BCUT2D eigenvalue weighted by atomic mass is 10.1. The van der Waals surface area contributed by atoms with Gasteiger partial charge in [0, 0.05) is 0 Å². The number of carbonyl (C=O) groups is 1. The molecular formula is C5H9ClO2. The molecular weight excluding hydrogens is 128 g/mol. The number of ketones is 1. The number of Topliss-reactive ketones (excluding diaryl/α,β-unsaturated/α-hetero) is 1. The molecule has 0 aromatic carbocycles. The average molecular weight is 137 g/mol. The van der Waals surface area contributed by atoms with Crippen LogP contribution in [0.15, 0.2) is 0 Å². The second-order valence-corrected chi connectivity index (χ2v) is 2.23. The van der Waals surface area contributed by atoms with Crippen molar-refractivity contribution in [1.29, 1.82) is 0 Å². The fraction of sp³-hybridized carbons (Fsp3) is 0.800. The summed E-state index contributed by atoms with van der Waals surface area (Å²) in [5.74, 6) is -0.338. The van der Waals surface area contributed by atoms with Crippen LogP contribution in [-0.2, 0) is 4.79 Å². The fourth-order valence-electron chi connectivity index (χ4n) is 0.0941. The van der Waals surface area contributed by atoms with E-state index in [0.717, 1.165) is 0 Å². The van der Waals surface area contributed by atoms with Crippen LogP contribution in [0.4, 0.5) is 0 Å². The van der Waals surface area contributed by atoms with Crippen LogP contribution in [0.2, 0.25) is 0 Å². The van der Waals surface area contributed by atoms with Gasteiger partial charge < -0.3 is 5.11 Å². The van der Waals surface area contributed by atoms with E-state index in [4.69, 9.17) is 16.7 Å². The Hall–Kier alpha value is -0.0800. The molecule has 0 aliphatic rings. The van der Waals surface area contributed by atoms with E-state index in [-0.39, 0.29) is 11.7 Å². The first kappa shape index (κ1) is 7.92. The van der Waals surface area contributed by atoms with Gasteiger partial charge in [0.1, 0.15) is 5.60 Å². The topological polar surface area (TPSA) is 37.3 Å². The third kappa shape index (κ3) is 1.80. The van der Waals surface area contributed by atoms with Crippen LogP contribution in [0.1, 0.15) is 13.8 Å². The summed E-state index contributed by atoms with van der Waals surface area (Å²) in [6.45, 7) is 2.70. The third-order valence-corrected chi connectivity index (χ3v) is 1.54. The molecule has 1 atom stereocenters. The number of alkyl halides is 1. The lowest BCUT2D eigenvalue weighted by Crippen LogP contribution is -2.34. The van der Waals surface area contributed by atoms with E-state index < -0.39 is 5.60 Å². The van der Waals surface area contributed by atoms with Crippen molar-refractivity contribution in [1.82, 2.24) is 0 Å². The molecule has 0 fully saturated rings. The zero-order valence-electron chi connectivity index (χ0n) is 4.94. The zero-order chi connectivity index (χ0) is 6.78. The van der Waals surface area contributed by atoms with Crippen LogP contribution in [-0.4, -0.2) is 22.4 Å². The predicted octanol–water partition coefficient (Wildman–Crippen LogP) is 0.565. The Morgan fingerprint density at radius 1 is 1.88 bits per heavy atom. The summed E-state index contributed by atoms with van der Waals surface area (Å²) >= 11 is 5.22. The number of halogens is 1. The Morgan fingerprint density at radius 2 is 2.25 bits per heavy atom. The van der Waals surface area contributed by atoms with Crippen LogP contribution in [0.25, 0.3) is 0 Å². The van der Waals surface area contributed by atoms with Crippen LogP contribution < -0.4 is 0 Å². The van der Waals surface area contributed by atoms with Gasteiger partial charge in [-0.2, -0.15) is 0 Å². The molecule has 1 unspecified atom stereocenters. The first-order chi connectivity index (χ1) is 3.50. The summed E-state index contributed by atoms with van der Waals surface area (Å²) in [4.78, 5) is 10.4. The Kier molecular flexibility index (Phi) is 2.44. The summed E-state index contributed by atoms with van der Waals surface area (Å²) in [7, 11) is 0. The van der Waals surface area contributed by atoms with Crippen LogP contribution >= 0.6 is 11.6 Å². The van der Waals surface area contributed by atoms with Crippen molar-refractivity contribution in [3.05, 3.63) is 0 Å². The van der Waals surface area contributed by atoms with Gasteiger partial charge in [-0.05, 0) is 13.8 Å². The van der Waals surface area contributed by atoms with Crippen LogP contribution in [0, 0.1) is 0 Å². The van der Waals surface area contributed by atoms with Crippen molar-refractivity contribution in [2.45, 2.75) is 19.4 Å². The monoisotopic (exact) mass is 136 g/mol. The van der Waals surface area contributed by atoms with E-state index >= 15 is 0 Å². The third-order valence-electron chi connectivity index (χ3n) is 1.02. The van der Waals surface area contributed by atoms with E-state index in [1.807, 2.05) is 0 Å². The highest BCUT2D eigenvalue weighted by atomic mass is 35.5. The molecule has 48 valence electrons. The highest BCUT2D eigenvalue weighted by molar-refractivity contribution is 6.20. The number of carbonyl (C=O) groups excluding carboxylic acids is 1. The molecule has 0 aromatic heterocycles. The summed E-state index contributed by atoms with van der Waals surface area (Å²) < 4.78 is 0. The summed E-state index contributed by atoms with van der Waals surface area (Å²) in [6.07, 6.45) is 0. The maximum Gasteiger partial charge on any atom is 0.162 e. The van der Waals surface area contributed by atoms with E-state index in [0.29, 0.717) is 0 Å². The molecule has 0 amide bonds. The van der Waals surface area contributed by atoms with E-state index in [2.05, 4.69) is 0 Å². The van der Waals surface area contributed by atoms with Crippen molar-refractivity contribution in [2.24, 2.45) is 0 Å². The van der Waals surface area contributed by atoms with Crippen molar-refractivity contribution < 1.29 is 9.90 Å². The Morgan fingerprint density at radius 3 is 2.25 bits per heavy atom. The van der Waals surface area contributed by atoms with Gasteiger partial charge in [-0.15, -0.1) is 11.6 Å². The maximum absolute atomic E-state index is 10.4. The Bertz CT molecular complexity index is 98.6. The zero-order valence-corrected chi connectivity index (χ0v) is 5.70. The number of aliphatic hydroxyl groups is 1. The normalized spacial score (nSPS) is 17.5. The Balaban J connectivity index is 3.91. The molecule has 0 aliphatic carbocycles. The van der Waals surface area contributed by atoms with Gasteiger partial charge in [0.2, 0.25) is 0 Å². The minimum absolute atomic E-state index is 0.0394. The minimum atomic E-state index is -1.33. The Labute approximate surface area is 53.5 Å². The highest BCUT2D eigenvalue weighted by Gasteiger charge is 2.23. The SMILES string of the molecule is CC(=O)C(C)(O)CCl. The van der Waals surface area contributed by atoms with Crippen molar-refractivity contribution in [2.75, 3.05) is 5.88 Å². The quantitative estimate of drug-likeness (QED) is 0.564. The van der Waals surface area contributed by atoms with Gasteiger partial charge in [-0.25, -0.2) is 0 Å². The molecule has 1 N–H and O–H groups in total. The second kappa shape index (κ2) is 2.46. The molecule has 3 heteroatoms. The second-order valence-electron chi connectivity index (χ2n) is 1.96. The minimum Gasteiger partial charge on any atom is -0.381 e. The molecule has 0 spiro atoms. The average Bonchev–Trinajstić information content (AvgIpc) is 1.67. The first-order valence-electron chi connectivity index (χ1n) is 2.30. The summed E-state index contributed by atoms with van der Waals surface area (Å²) in [5, 5.41) is 8.92. The van der Waals surface area contributed by atoms with Crippen LogP contribution in [0.3, 0.4) is 0 Å². The first-order valence-corrected chi connectivity index (χ1v) is 2.83. The number of hydrogen-bond donors (Lipinski definition) is 1. The lowest BCUT2D eigenvalue weighted by molar-refractivity contribution is -0.131. The maximum atomic E-state index is 10.4. The van der Waals surface area contributed by atoms with Crippen molar-refractivity contribution in [3.8, 4) is 0 Å². The standard InChI is InChI=1S/C5H9ClO2/c1-4(7)5(2,8)3-6/h8H,3H2,1-2H3. The number of rotatable bonds is 2. The van der Waals surface area contributed by atoms with Gasteiger partial charge in [0.05, 0.1) is 5.88 Å². The summed E-state index contributed by atoms with van der Waals surface area (Å²) in [6, 6.07) is 0. The molecule has 0 bridgehead atoms. The van der Waals surface area contributed by atoms with Crippen molar-refractivity contribution >= 4 is 17.4 Å². The molecule has 0 aliphatic heterocycles.